The lowest BCUT2D eigenvalue weighted by Crippen LogP contribution is -2.29. The van der Waals surface area contributed by atoms with Crippen molar-refractivity contribution in [1.82, 2.24) is 20.3 Å². The summed E-state index contributed by atoms with van der Waals surface area (Å²) in [5.74, 6) is -0.496. The molecule has 1 aliphatic rings. The Morgan fingerprint density at radius 2 is 1.89 bits per heavy atom. The van der Waals surface area contributed by atoms with Crippen LogP contribution in [0, 0.1) is 5.82 Å². The molecule has 1 amide bonds. The maximum absolute atomic E-state index is 13.2. The molecule has 2 N–H and O–H groups in total. The Balaban J connectivity index is 1.53. The minimum absolute atomic E-state index is 0.0797. The van der Waals surface area contributed by atoms with E-state index in [1.807, 2.05) is 18.2 Å². The third-order valence-electron chi connectivity index (χ3n) is 4.60. The van der Waals surface area contributed by atoms with E-state index in [0.29, 0.717) is 5.69 Å². The summed E-state index contributed by atoms with van der Waals surface area (Å²) >= 11 is 0. The second kappa shape index (κ2) is 7.28. The minimum atomic E-state index is -0.799. The van der Waals surface area contributed by atoms with Gasteiger partial charge in [-0.1, -0.05) is 35.5 Å². The number of halogens is 1. The van der Waals surface area contributed by atoms with Crippen LogP contribution < -0.4 is 5.32 Å². The fourth-order valence-electron chi connectivity index (χ4n) is 3.01. The lowest BCUT2D eigenvalue weighted by molar-refractivity contribution is 0.0910. The molecule has 7 heteroatoms. The molecule has 0 aliphatic heterocycles. The Morgan fingerprint density at radius 1 is 1.19 bits per heavy atom. The number of benzene rings is 2. The molecule has 27 heavy (non-hydrogen) atoms. The van der Waals surface area contributed by atoms with Crippen molar-refractivity contribution < 1.29 is 14.3 Å². The fourth-order valence-corrected chi connectivity index (χ4v) is 3.01. The summed E-state index contributed by atoms with van der Waals surface area (Å²) in [7, 11) is 0. The summed E-state index contributed by atoms with van der Waals surface area (Å²) < 4.78 is 14.8. The van der Waals surface area contributed by atoms with E-state index in [2.05, 4.69) is 15.6 Å². The van der Waals surface area contributed by atoms with Gasteiger partial charge in [-0.3, -0.25) is 4.79 Å². The molecular formula is C20H19FN4O2. The van der Waals surface area contributed by atoms with Gasteiger partial charge in [0.25, 0.3) is 5.91 Å². The molecule has 1 aliphatic carbocycles. The van der Waals surface area contributed by atoms with E-state index < -0.39 is 6.10 Å². The van der Waals surface area contributed by atoms with E-state index >= 15 is 0 Å². The lowest BCUT2D eigenvalue weighted by atomic mass is 10.1. The third-order valence-corrected chi connectivity index (χ3v) is 4.60. The van der Waals surface area contributed by atoms with Crippen LogP contribution in [-0.4, -0.2) is 32.6 Å². The quantitative estimate of drug-likeness (QED) is 0.703. The Kier molecular flexibility index (Phi) is 4.68. The molecule has 0 spiro atoms. The summed E-state index contributed by atoms with van der Waals surface area (Å²) in [5, 5.41) is 21.1. The average molecular weight is 366 g/mol. The summed E-state index contributed by atoms with van der Waals surface area (Å²) in [6.07, 6.45) is 1.12. The van der Waals surface area contributed by atoms with Gasteiger partial charge in [-0.25, -0.2) is 9.07 Å². The van der Waals surface area contributed by atoms with Crippen LogP contribution in [0.2, 0.25) is 0 Å². The molecule has 1 saturated carbocycles. The number of nitrogens with zero attached hydrogens (tertiary/aromatic N) is 3. The van der Waals surface area contributed by atoms with Gasteiger partial charge in [-0.15, -0.1) is 5.10 Å². The van der Waals surface area contributed by atoms with Crippen LogP contribution in [0.5, 0.6) is 0 Å². The molecule has 138 valence electrons. The van der Waals surface area contributed by atoms with Crippen molar-refractivity contribution >= 4 is 5.91 Å². The summed E-state index contributed by atoms with van der Waals surface area (Å²) in [5.41, 5.74) is 2.37. The summed E-state index contributed by atoms with van der Waals surface area (Å²) in [6, 6.07) is 15.1. The molecule has 1 unspecified atom stereocenters. The van der Waals surface area contributed by atoms with Gasteiger partial charge in [0.05, 0.1) is 17.5 Å². The largest absolute Gasteiger partial charge is 0.387 e. The average Bonchev–Trinajstić information content (AvgIpc) is 3.45. The number of rotatable bonds is 6. The van der Waals surface area contributed by atoms with Crippen molar-refractivity contribution in [3.63, 3.8) is 0 Å². The minimum Gasteiger partial charge on any atom is -0.387 e. The second-order valence-corrected chi connectivity index (χ2v) is 6.62. The molecule has 0 radical (unpaired) electrons. The highest BCUT2D eigenvalue weighted by atomic mass is 19.1. The molecule has 1 fully saturated rings. The Hall–Kier alpha value is -3.06. The first-order valence-corrected chi connectivity index (χ1v) is 8.86. The van der Waals surface area contributed by atoms with Gasteiger partial charge in [-0.05, 0) is 42.7 Å². The maximum atomic E-state index is 13.2. The number of aliphatic hydroxyl groups excluding tert-OH is 1. The highest BCUT2D eigenvalue weighted by Crippen LogP contribution is 2.41. The smallest absolute Gasteiger partial charge is 0.273 e. The predicted molar refractivity (Wildman–Crippen MR) is 97.0 cm³/mol. The van der Waals surface area contributed by atoms with Crippen LogP contribution in [0.15, 0.2) is 54.6 Å². The Labute approximate surface area is 155 Å². The predicted octanol–water partition coefficient (Wildman–Crippen LogP) is 2.75. The van der Waals surface area contributed by atoms with Gasteiger partial charge in [0.15, 0.2) is 5.69 Å². The molecule has 1 heterocycles. The Morgan fingerprint density at radius 3 is 2.56 bits per heavy atom. The van der Waals surface area contributed by atoms with Crippen LogP contribution >= 0.6 is 0 Å². The first-order valence-electron chi connectivity index (χ1n) is 8.86. The van der Waals surface area contributed by atoms with Crippen molar-refractivity contribution in [3.8, 4) is 5.69 Å². The van der Waals surface area contributed by atoms with Gasteiger partial charge >= 0.3 is 0 Å². The molecule has 6 nitrogen and oxygen atoms in total. The normalized spacial score (nSPS) is 14.7. The number of aromatic nitrogens is 3. The van der Waals surface area contributed by atoms with Crippen LogP contribution in [0.3, 0.4) is 0 Å². The van der Waals surface area contributed by atoms with E-state index in [0.717, 1.165) is 24.1 Å². The van der Waals surface area contributed by atoms with Gasteiger partial charge in [0.1, 0.15) is 5.82 Å². The zero-order chi connectivity index (χ0) is 18.8. The van der Waals surface area contributed by atoms with E-state index in [1.54, 1.807) is 28.9 Å². The van der Waals surface area contributed by atoms with Gasteiger partial charge in [-0.2, -0.15) is 0 Å². The van der Waals surface area contributed by atoms with Crippen molar-refractivity contribution in [2.75, 3.05) is 6.54 Å². The van der Waals surface area contributed by atoms with Crippen LogP contribution in [-0.2, 0) is 0 Å². The third kappa shape index (κ3) is 3.73. The van der Waals surface area contributed by atoms with Crippen LogP contribution in [0.4, 0.5) is 4.39 Å². The Bertz CT molecular complexity index is 936. The molecular weight excluding hydrogens is 347 g/mol. The van der Waals surface area contributed by atoms with Crippen molar-refractivity contribution in [3.05, 3.63) is 77.4 Å². The fraction of sp³-hybridized carbons (Fsp3) is 0.250. The molecule has 0 saturated heterocycles. The first-order chi connectivity index (χ1) is 13.1. The number of nitrogens with one attached hydrogen (secondary N) is 1. The van der Waals surface area contributed by atoms with E-state index in [9.17, 15) is 14.3 Å². The standard InChI is InChI=1S/C20H19FN4O2/c21-15-8-10-16(11-9-15)25-19(14-6-7-14)18(23-24-25)20(27)22-12-17(26)13-4-2-1-3-5-13/h1-5,8-11,14,17,26H,6-7,12H2,(H,22,27). The molecule has 0 bridgehead atoms. The van der Waals surface area contributed by atoms with E-state index in [-0.39, 0.29) is 29.9 Å². The summed E-state index contributed by atoms with van der Waals surface area (Å²) in [6.45, 7) is 0.0797. The summed E-state index contributed by atoms with van der Waals surface area (Å²) in [4.78, 5) is 12.6. The van der Waals surface area contributed by atoms with Gasteiger partial charge in [0.2, 0.25) is 0 Å². The lowest BCUT2D eigenvalue weighted by Gasteiger charge is -2.12. The number of carbonyl (C=O) groups is 1. The topological polar surface area (TPSA) is 80.0 Å². The highest BCUT2D eigenvalue weighted by Gasteiger charge is 2.34. The second-order valence-electron chi connectivity index (χ2n) is 6.62. The first kappa shape index (κ1) is 17.4. The highest BCUT2D eigenvalue weighted by molar-refractivity contribution is 5.93. The molecule has 4 rings (SSSR count). The molecule has 3 aromatic rings. The number of amides is 1. The van der Waals surface area contributed by atoms with Crippen LogP contribution in [0.1, 0.15) is 46.6 Å². The van der Waals surface area contributed by atoms with Crippen LogP contribution in [0.25, 0.3) is 5.69 Å². The van der Waals surface area contributed by atoms with Crippen molar-refractivity contribution in [2.45, 2.75) is 24.9 Å². The zero-order valence-electron chi connectivity index (χ0n) is 14.5. The maximum Gasteiger partial charge on any atom is 0.273 e. The monoisotopic (exact) mass is 366 g/mol. The SMILES string of the molecule is O=C(NCC(O)c1ccccc1)c1nnn(-c2ccc(F)cc2)c1C1CC1. The van der Waals surface area contributed by atoms with Crippen molar-refractivity contribution in [1.29, 1.82) is 0 Å². The number of hydrogen-bond acceptors (Lipinski definition) is 4. The van der Waals surface area contributed by atoms with Gasteiger partial charge in [0, 0.05) is 12.5 Å². The number of carbonyl (C=O) groups excluding carboxylic acids is 1. The van der Waals surface area contributed by atoms with E-state index in [4.69, 9.17) is 0 Å². The van der Waals surface area contributed by atoms with E-state index in [1.165, 1.54) is 12.1 Å². The number of aliphatic hydroxyl groups is 1. The zero-order valence-corrected chi connectivity index (χ0v) is 14.5. The molecule has 1 aromatic heterocycles. The molecule has 1 atom stereocenters. The van der Waals surface area contributed by atoms with Gasteiger partial charge < -0.3 is 10.4 Å². The van der Waals surface area contributed by atoms with Crippen molar-refractivity contribution in [2.24, 2.45) is 0 Å². The molecule has 2 aromatic carbocycles. The number of hydrogen-bond donors (Lipinski definition) is 2.